The van der Waals surface area contributed by atoms with Gasteiger partial charge < -0.3 is 9.47 Å². The Balaban J connectivity index is 1.41. The van der Waals surface area contributed by atoms with Gasteiger partial charge in [-0.2, -0.15) is 4.31 Å². The summed E-state index contributed by atoms with van der Waals surface area (Å²) in [6.45, 7) is 1.39. The number of sulfonamides is 1. The Hall–Kier alpha value is -1.81. The highest BCUT2D eigenvalue weighted by atomic mass is 32.2. The molecule has 0 spiro atoms. The molecule has 5 rings (SSSR count). The average molecular weight is 392 g/mol. The van der Waals surface area contributed by atoms with E-state index in [4.69, 9.17) is 9.47 Å². The molecule has 2 amide bonds. The quantitative estimate of drug-likeness (QED) is 0.690. The molecule has 0 radical (unpaired) electrons. The fourth-order valence-electron chi connectivity index (χ4n) is 4.67. The number of anilines is 1. The van der Waals surface area contributed by atoms with Crippen LogP contribution in [-0.4, -0.2) is 63.0 Å². The van der Waals surface area contributed by atoms with E-state index >= 15 is 0 Å². The highest BCUT2D eigenvalue weighted by Crippen LogP contribution is 2.49. The number of imide groups is 1. The topological polar surface area (TPSA) is 93.2 Å². The van der Waals surface area contributed by atoms with E-state index in [1.54, 1.807) is 0 Å². The third-order valence-electron chi connectivity index (χ3n) is 5.99. The van der Waals surface area contributed by atoms with Gasteiger partial charge in [-0.1, -0.05) is 0 Å². The van der Waals surface area contributed by atoms with Crippen molar-refractivity contribution in [1.29, 1.82) is 0 Å². The molecule has 0 aromatic heterocycles. The molecule has 144 valence electrons. The van der Waals surface area contributed by atoms with Crippen LogP contribution in [0.15, 0.2) is 29.2 Å². The third kappa shape index (κ3) is 2.49. The Labute approximate surface area is 157 Å². The summed E-state index contributed by atoms with van der Waals surface area (Å²) >= 11 is 0. The van der Waals surface area contributed by atoms with Crippen LogP contribution in [0, 0.1) is 11.8 Å². The molecule has 1 aromatic rings. The molecule has 0 aliphatic carbocycles. The van der Waals surface area contributed by atoms with E-state index in [1.165, 1.54) is 33.5 Å². The smallest absolute Gasteiger partial charge is 0.243 e. The molecule has 8 nitrogen and oxygen atoms in total. The summed E-state index contributed by atoms with van der Waals surface area (Å²) in [7, 11) is -3.61. The summed E-state index contributed by atoms with van der Waals surface area (Å²) in [4.78, 5) is 27.0. The molecule has 4 atom stereocenters. The summed E-state index contributed by atoms with van der Waals surface area (Å²) in [5.74, 6) is -1.26. The molecule has 9 heteroatoms. The van der Waals surface area contributed by atoms with Crippen LogP contribution in [0.4, 0.5) is 5.69 Å². The van der Waals surface area contributed by atoms with Crippen LogP contribution in [-0.2, 0) is 29.1 Å². The first-order valence-electron chi connectivity index (χ1n) is 9.20. The SMILES string of the molecule is O=C1[C@@H]2[C@H](C(=O)N1c1ccc(S(=O)(=O)N3CCOCC3)cc1)[C@@H]1CC[C@H]2O1. The number of fused-ring (bicyclic) bond motifs is 5. The lowest BCUT2D eigenvalue weighted by atomic mass is 9.81. The molecule has 4 fully saturated rings. The van der Waals surface area contributed by atoms with Gasteiger partial charge in [-0.15, -0.1) is 0 Å². The number of hydrogen-bond acceptors (Lipinski definition) is 6. The minimum atomic E-state index is -3.61. The molecule has 0 N–H and O–H groups in total. The van der Waals surface area contributed by atoms with Gasteiger partial charge in [-0.3, -0.25) is 9.59 Å². The van der Waals surface area contributed by atoms with Gasteiger partial charge in [-0.05, 0) is 37.1 Å². The van der Waals surface area contributed by atoms with Gasteiger partial charge in [-0.25, -0.2) is 13.3 Å². The van der Waals surface area contributed by atoms with Crippen molar-refractivity contribution in [2.45, 2.75) is 29.9 Å². The molecule has 4 aliphatic rings. The number of rotatable bonds is 3. The first kappa shape index (κ1) is 17.3. The van der Waals surface area contributed by atoms with Crippen molar-refractivity contribution in [2.24, 2.45) is 11.8 Å². The number of morpholine rings is 1. The van der Waals surface area contributed by atoms with E-state index in [0.717, 1.165) is 12.8 Å². The maximum atomic E-state index is 12.8. The van der Waals surface area contributed by atoms with Gasteiger partial charge in [0.15, 0.2) is 0 Å². The zero-order valence-corrected chi connectivity index (χ0v) is 15.4. The Morgan fingerprint density at radius 3 is 2.00 bits per heavy atom. The third-order valence-corrected chi connectivity index (χ3v) is 7.90. The minimum absolute atomic E-state index is 0.149. The van der Waals surface area contributed by atoms with Gasteiger partial charge in [0, 0.05) is 13.1 Å². The maximum absolute atomic E-state index is 12.8. The van der Waals surface area contributed by atoms with E-state index in [9.17, 15) is 18.0 Å². The van der Waals surface area contributed by atoms with Crippen LogP contribution in [0.25, 0.3) is 0 Å². The summed E-state index contributed by atoms with van der Waals surface area (Å²) in [6.07, 6.45) is 1.30. The number of amides is 2. The van der Waals surface area contributed by atoms with Gasteiger partial charge in [0.25, 0.3) is 0 Å². The second kappa shape index (κ2) is 6.10. The van der Waals surface area contributed by atoms with Gasteiger partial charge >= 0.3 is 0 Å². The van der Waals surface area contributed by atoms with Crippen LogP contribution in [0.5, 0.6) is 0 Å². The van der Waals surface area contributed by atoms with Gasteiger partial charge in [0.2, 0.25) is 21.8 Å². The van der Waals surface area contributed by atoms with Crippen LogP contribution in [0.1, 0.15) is 12.8 Å². The fraction of sp³-hybridized carbons (Fsp3) is 0.556. The second-order valence-corrected chi connectivity index (χ2v) is 9.30. The molecule has 0 unspecified atom stereocenters. The number of carbonyl (C=O) groups is 2. The lowest BCUT2D eigenvalue weighted by Gasteiger charge is -2.26. The van der Waals surface area contributed by atoms with E-state index in [0.29, 0.717) is 32.0 Å². The largest absolute Gasteiger partial charge is 0.379 e. The molecule has 4 aliphatic heterocycles. The summed E-state index contributed by atoms with van der Waals surface area (Å²) in [6, 6.07) is 5.99. The molecule has 0 saturated carbocycles. The summed E-state index contributed by atoms with van der Waals surface area (Å²) < 4.78 is 37.7. The van der Waals surface area contributed by atoms with Crippen molar-refractivity contribution in [3.05, 3.63) is 24.3 Å². The zero-order chi connectivity index (χ0) is 18.8. The number of carbonyl (C=O) groups excluding carboxylic acids is 2. The monoisotopic (exact) mass is 392 g/mol. The Morgan fingerprint density at radius 1 is 0.889 bits per heavy atom. The fourth-order valence-corrected chi connectivity index (χ4v) is 6.08. The standard InChI is InChI=1S/C18H20N2O6S/c21-17-15-13-5-6-14(26-13)16(15)18(22)20(17)11-1-3-12(4-2-11)27(23,24)19-7-9-25-10-8-19/h1-4,13-16H,5-10H2/t13-,14+,15+,16-. The molecule has 27 heavy (non-hydrogen) atoms. The van der Waals surface area contributed by atoms with Crippen molar-refractivity contribution in [3.8, 4) is 0 Å². The average Bonchev–Trinajstić information content (AvgIpc) is 3.36. The van der Waals surface area contributed by atoms with E-state index in [2.05, 4.69) is 0 Å². The number of ether oxygens (including phenoxy) is 2. The predicted molar refractivity (Wildman–Crippen MR) is 93.4 cm³/mol. The van der Waals surface area contributed by atoms with Crippen molar-refractivity contribution in [2.75, 3.05) is 31.2 Å². The normalized spacial score (nSPS) is 33.7. The van der Waals surface area contributed by atoms with Crippen molar-refractivity contribution >= 4 is 27.5 Å². The van der Waals surface area contributed by atoms with Crippen LogP contribution >= 0.6 is 0 Å². The van der Waals surface area contributed by atoms with E-state index in [-0.39, 0.29) is 28.9 Å². The first-order valence-corrected chi connectivity index (χ1v) is 10.6. The molecule has 4 saturated heterocycles. The number of nitrogens with zero attached hydrogens (tertiary/aromatic N) is 2. The predicted octanol–water partition coefficient (Wildman–Crippen LogP) is 0.374. The van der Waals surface area contributed by atoms with Crippen molar-refractivity contribution < 1.29 is 27.5 Å². The first-order chi connectivity index (χ1) is 13.0. The lowest BCUT2D eigenvalue weighted by molar-refractivity contribution is -0.124. The van der Waals surface area contributed by atoms with Gasteiger partial charge in [0.1, 0.15) is 0 Å². The number of hydrogen-bond donors (Lipinski definition) is 0. The van der Waals surface area contributed by atoms with E-state index in [1.807, 2.05) is 0 Å². The van der Waals surface area contributed by atoms with Crippen LogP contribution < -0.4 is 4.90 Å². The molecular formula is C18H20N2O6S. The van der Waals surface area contributed by atoms with Crippen molar-refractivity contribution in [3.63, 3.8) is 0 Å². The Bertz CT molecular complexity index is 865. The lowest BCUT2D eigenvalue weighted by Crippen LogP contribution is -2.40. The zero-order valence-electron chi connectivity index (χ0n) is 14.6. The van der Waals surface area contributed by atoms with Gasteiger partial charge in [0.05, 0.1) is 47.8 Å². The minimum Gasteiger partial charge on any atom is -0.379 e. The van der Waals surface area contributed by atoms with Crippen LogP contribution in [0.3, 0.4) is 0 Å². The molecule has 2 bridgehead atoms. The highest BCUT2D eigenvalue weighted by Gasteiger charge is 2.62. The molecule has 4 heterocycles. The summed E-state index contributed by atoms with van der Waals surface area (Å²) in [5, 5.41) is 0. The Morgan fingerprint density at radius 2 is 1.44 bits per heavy atom. The molecular weight excluding hydrogens is 372 g/mol. The maximum Gasteiger partial charge on any atom is 0.243 e. The summed E-state index contributed by atoms with van der Waals surface area (Å²) in [5.41, 5.74) is 0.416. The number of benzene rings is 1. The molecule has 1 aromatic carbocycles. The highest BCUT2D eigenvalue weighted by molar-refractivity contribution is 7.89. The Kier molecular flexibility index (Phi) is 3.91. The van der Waals surface area contributed by atoms with Crippen molar-refractivity contribution in [1.82, 2.24) is 4.31 Å². The second-order valence-electron chi connectivity index (χ2n) is 7.36. The van der Waals surface area contributed by atoms with E-state index < -0.39 is 21.9 Å². The van der Waals surface area contributed by atoms with Crippen LogP contribution in [0.2, 0.25) is 0 Å².